The number of rotatable bonds is 8. The number of nitrogens with one attached hydrogen (secondary N) is 1. The van der Waals surface area contributed by atoms with Crippen molar-refractivity contribution in [2.75, 3.05) is 11.9 Å². The van der Waals surface area contributed by atoms with E-state index in [1.54, 1.807) is 19.1 Å². The number of H-pyrrole nitrogens is 1. The molecule has 0 radical (unpaired) electrons. The van der Waals surface area contributed by atoms with Crippen LogP contribution in [0.2, 0.25) is 5.02 Å². The third-order valence-electron chi connectivity index (χ3n) is 6.03. The van der Waals surface area contributed by atoms with Gasteiger partial charge in [-0.3, -0.25) is 4.79 Å². The average molecular weight is 524 g/mol. The van der Waals surface area contributed by atoms with Gasteiger partial charge in [-0.1, -0.05) is 54.9 Å². The second-order valence-electron chi connectivity index (χ2n) is 8.50. The van der Waals surface area contributed by atoms with Crippen LogP contribution in [0.5, 0.6) is 5.75 Å². The van der Waals surface area contributed by atoms with Crippen molar-refractivity contribution in [1.82, 2.24) is 9.97 Å². The summed E-state index contributed by atoms with van der Waals surface area (Å²) in [5.74, 6) is -0.574. The van der Waals surface area contributed by atoms with E-state index in [2.05, 4.69) is 16.9 Å². The van der Waals surface area contributed by atoms with Gasteiger partial charge in [-0.25, -0.2) is 4.98 Å². The van der Waals surface area contributed by atoms with Gasteiger partial charge in [-0.2, -0.15) is 4.39 Å². The van der Waals surface area contributed by atoms with E-state index in [0.29, 0.717) is 28.4 Å². The predicted octanol–water partition coefficient (Wildman–Crippen LogP) is 7.51. The lowest BCUT2D eigenvalue weighted by molar-refractivity contribution is 0.459. The molecule has 0 atom stereocenters. The van der Waals surface area contributed by atoms with Crippen molar-refractivity contribution in [1.29, 1.82) is 0 Å². The number of halogens is 2. The fourth-order valence-electron chi connectivity index (χ4n) is 4.06. The van der Waals surface area contributed by atoms with Crippen LogP contribution in [0.25, 0.3) is 11.1 Å². The Hall–Kier alpha value is -3.29. The molecule has 2 N–H and O–H groups in total. The van der Waals surface area contributed by atoms with Crippen molar-refractivity contribution >= 4 is 34.7 Å². The maximum Gasteiger partial charge on any atom is 0.266 e. The molecule has 0 aliphatic carbocycles. The summed E-state index contributed by atoms with van der Waals surface area (Å²) in [6.45, 7) is 3.77. The zero-order valence-corrected chi connectivity index (χ0v) is 21.9. The molecule has 2 heterocycles. The highest BCUT2D eigenvalue weighted by molar-refractivity contribution is 7.99. The zero-order chi connectivity index (χ0) is 25.8. The summed E-state index contributed by atoms with van der Waals surface area (Å²) in [6.07, 6.45) is 3.89. The molecule has 0 saturated carbocycles. The summed E-state index contributed by atoms with van der Waals surface area (Å²) in [5, 5.41) is 11.9. The number of benzene rings is 2. The van der Waals surface area contributed by atoms with Crippen LogP contribution in [0.1, 0.15) is 31.0 Å². The Morgan fingerprint density at radius 3 is 2.61 bits per heavy atom. The molecule has 4 rings (SSSR count). The quantitative estimate of drug-likeness (QED) is 0.234. The molecule has 0 fully saturated rings. The third kappa shape index (κ3) is 5.42. The Labute approximate surface area is 219 Å². The van der Waals surface area contributed by atoms with Crippen LogP contribution in [0.15, 0.2) is 75.4 Å². The zero-order valence-electron chi connectivity index (χ0n) is 20.3. The van der Waals surface area contributed by atoms with Crippen LogP contribution >= 0.6 is 23.4 Å². The number of hydrogen-bond donors (Lipinski definition) is 2. The molecular formula is C28H27ClFN3O2S. The molecule has 0 amide bonds. The van der Waals surface area contributed by atoms with Gasteiger partial charge in [0.2, 0.25) is 5.95 Å². The lowest BCUT2D eigenvalue weighted by Crippen LogP contribution is -2.19. The molecule has 0 unspecified atom stereocenters. The van der Waals surface area contributed by atoms with Gasteiger partial charge in [0, 0.05) is 40.1 Å². The Morgan fingerprint density at radius 2 is 1.92 bits per heavy atom. The minimum Gasteiger partial charge on any atom is -0.504 e. The Bertz CT molecular complexity index is 1440. The molecule has 186 valence electrons. The summed E-state index contributed by atoms with van der Waals surface area (Å²) in [4.78, 5) is 22.5. The van der Waals surface area contributed by atoms with Crippen molar-refractivity contribution < 1.29 is 9.50 Å². The highest BCUT2D eigenvalue weighted by Crippen LogP contribution is 2.42. The highest BCUT2D eigenvalue weighted by atomic mass is 35.5. The van der Waals surface area contributed by atoms with E-state index < -0.39 is 5.95 Å². The smallest absolute Gasteiger partial charge is 0.266 e. The van der Waals surface area contributed by atoms with Crippen molar-refractivity contribution in [3.8, 4) is 16.9 Å². The number of aromatic hydroxyl groups is 1. The molecule has 5 nitrogen and oxygen atoms in total. The maximum atomic E-state index is 13.9. The molecule has 0 aliphatic heterocycles. The summed E-state index contributed by atoms with van der Waals surface area (Å²) in [6, 6.07) is 16.5. The number of aromatic nitrogens is 2. The first-order valence-electron chi connectivity index (χ1n) is 11.7. The summed E-state index contributed by atoms with van der Waals surface area (Å²) >= 11 is 7.39. The monoisotopic (exact) mass is 523 g/mol. The minimum atomic E-state index is -0.498. The van der Waals surface area contributed by atoms with Gasteiger partial charge in [0.25, 0.3) is 5.56 Å². The van der Waals surface area contributed by atoms with Crippen molar-refractivity contribution in [2.45, 2.75) is 42.9 Å². The summed E-state index contributed by atoms with van der Waals surface area (Å²) in [5.41, 5.74) is 3.75. The molecule has 8 heteroatoms. The van der Waals surface area contributed by atoms with E-state index in [4.69, 9.17) is 11.6 Å². The number of aryl methyl sites for hydroxylation is 1. The molecule has 0 bridgehead atoms. The number of anilines is 2. The van der Waals surface area contributed by atoms with Gasteiger partial charge in [0.15, 0.2) is 5.75 Å². The van der Waals surface area contributed by atoms with Gasteiger partial charge in [-0.05, 0) is 67.3 Å². The topological polar surface area (TPSA) is 69.2 Å². The molecule has 0 saturated heterocycles. The van der Waals surface area contributed by atoms with E-state index in [1.807, 2.05) is 54.4 Å². The minimum absolute atomic E-state index is 0.0755. The molecule has 0 spiro atoms. The SMILES string of the molecule is CCCCc1[nH]c(=O)c(Sc2ccc(-c3ccnc(F)c3C)cc2)c(O)c1N(C)c1cccc(Cl)c1. The molecular weight excluding hydrogens is 497 g/mol. The molecule has 0 aliphatic rings. The van der Waals surface area contributed by atoms with E-state index in [9.17, 15) is 14.3 Å². The summed E-state index contributed by atoms with van der Waals surface area (Å²) < 4.78 is 13.9. The second kappa shape index (κ2) is 11.2. The first-order chi connectivity index (χ1) is 17.3. The Balaban J connectivity index is 1.72. The first-order valence-corrected chi connectivity index (χ1v) is 12.9. The molecule has 4 aromatic rings. The van der Waals surface area contributed by atoms with E-state index >= 15 is 0 Å². The van der Waals surface area contributed by atoms with E-state index in [0.717, 1.165) is 34.6 Å². The van der Waals surface area contributed by atoms with Crippen LogP contribution in [0, 0.1) is 12.9 Å². The van der Waals surface area contributed by atoms with Gasteiger partial charge < -0.3 is 15.0 Å². The first kappa shape index (κ1) is 25.8. The van der Waals surface area contributed by atoms with Crippen LogP contribution in [-0.4, -0.2) is 22.1 Å². The van der Waals surface area contributed by atoms with Crippen molar-refractivity contribution in [3.63, 3.8) is 0 Å². The normalized spacial score (nSPS) is 11.0. The molecule has 36 heavy (non-hydrogen) atoms. The van der Waals surface area contributed by atoms with Gasteiger partial charge in [0.1, 0.15) is 10.6 Å². The second-order valence-corrected chi connectivity index (χ2v) is 10.0. The lowest BCUT2D eigenvalue weighted by Gasteiger charge is -2.24. The molecule has 2 aromatic heterocycles. The third-order valence-corrected chi connectivity index (χ3v) is 7.36. The largest absolute Gasteiger partial charge is 0.504 e. The lowest BCUT2D eigenvalue weighted by atomic mass is 10.0. The summed E-state index contributed by atoms with van der Waals surface area (Å²) in [7, 11) is 1.84. The fourth-order valence-corrected chi connectivity index (χ4v) is 5.09. The predicted molar refractivity (Wildman–Crippen MR) is 145 cm³/mol. The van der Waals surface area contributed by atoms with Crippen LogP contribution in [-0.2, 0) is 6.42 Å². The van der Waals surface area contributed by atoms with Crippen LogP contribution < -0.4 is 10.5 Å². The number of nitrogens with zero attached hydrogens (tertiary/aromatic N) is 2. The Morgan fingerprint density at radius 1 is 1.17 bits per heavy atom. The van der Waals surface area contributed by atoms with Crippen molar-refractivity contribution in [2.24, 2.45) is 0 Å². The van der Waals surface area contributed by atoms with E-state index in [-0.39, 0.29) is 16.2 Å². The number of aromatic amines is 1. The number of hydrogen-bond acceptors (Lipinski definition) is 5. The Kier molecular flexibility index (Phi) is 8.01. The maximum absolute atomic E-state index is 13.9. The van der Waals surface area contributed by atoms with Gasteiger partial charge in [-0.15, -0.1) is 0 Å². The number of pyridine rings is 2. The fraction of sp³-hybridized carbons (Fsp3) is 0.214. The standard InChI is InChI=1S/C28H27ClFN3O2S/c1-4-5-9-23-24(33(3)20-8-6-7-19(29)16-20)25(34)26(28(35)32-23)36-21-12-10-18(11-13-21)22-14-15-31-27(30)17(22)2/h6-8,10-16H,4-5,9H2,1-3H3,(H2,32,34,35). The number of unbranched alkanes of at least 4 members (excludes halogenated alkanes) is 1. The van der Waals surface area contributed by atoms with Gasteiger partial charge in [0.05, 0.1) is 0 Å². The van der Waals surface area contributed by atoms with Gasteiger partial charge >= 0.3 is 0 Å². The van der Waals surface area contributed by atoms with Crippen LogP contribution in [0.4, 0.5) is 15.8 Å². The average Bonchev–Trinajstić information content (AvgIpc) is 2.87. The molecule has 2 aromatic carbocycles. The van der Waals surface area contributed by atoms with Crippen molar-refractivity contribution in [3.05, 3.63) is 93.4 Å². The van der Waals surface area contributed by atoms with E-state index in [1.165, 1.54) is 18.0 Å². The van der Waals surface area contributed by atoms with Crippen LogP contribution in [0.3, 0.4) is 0 Å². The highest BCUT2D eigenvalue weighted by Gasteiger charge is 2.22.